The number of nitrogens with one attached hydrogen (secondary N) is 1. The molecule has 0 bridgehead atoms. The first-order valence-corrected chi connectivity index (χ1v) is 8.07. The standard InChI is InChI=1S/C17H22N2O2/c1-2-5-19-6-7-21-16-13-9-14-12(10-18-17(14)20)8-11(13)3-4-15(16)19/h8-9,15-16H,2-7,10H2,1H3,(H,18,20)/t15-,16+/m0/s1. The van der Waals surface area contributed by atoms with Gasteiger partial charge in [0.15, 0.2) is 0 Å². The van der Waals surface area contributed by atoms with Gasteiger partial charge in [-0.25, -0.2) is 0 Å². The molecule has 0 saturated carbocycles. The fourth-order valence-corrected chi connectivity index (χ4v) is 4.09. The maximum Gasteiger partial charge on any atom is 0.251 e. The molecular weight excluding hydrogens is 264 g/mol. The number of aryl methyl sites for hydroxylation is 1. The molecule has 2 atom stereocenters. The third kappa shape index (κ3) is 2.09. The average molecular weight is 286 g/mol. The normalized spacial score (nSPS) is 27.8. The first-order chi connectivity index (χ1) is 10.3. The number of carbonyl (C=O) groups excluding carboxylic acids is 1. The molecule has 3 aliphatic rings. The van der Waals surface area contributed by atoms with Crippen LogP contribution in [0.5, 0.6) is 0 Å². The number of morpholine rings is 1. The summed E-state index contributed by atoms with van der Waals surface area (Å²) in [5.74, 6) is 0.0659. The summed E-state index contributed by atoms with van der Waals surface area (Å²) in [6, 6.07) is 4.80. The zero-order chi connectivity index (χ0) is 14.4. The lowest BCUT2D eigenvalue weighted by molar-refractivity contribution is -0.0801. The lowest BCUT2D eigenvalue weighted by atomic mass is 9.82. The number of fused-ring (bicyclic) bond motifs is 4. The second-order valence-electron chi connectivity index (χ2n) is 6.32. The molecule has 112 valence electrons. The third-order valence-electron chi connectivity index (χ3n) is 5.07. The average Bonchev–Trinajstić information content (AvgIpc) is 2.86. The van der Waals surface area contributed by atoms with Crippen LogP contribution in [0.1, 0.15) is 52.9 Å². The van der Waals surface area contributed by atoms with E-state index in [4.69, 9.17) is 4.74 Å². The van der Waals surface area contributed by atoms with Gasteiger partial charge in [-0.05, 0) is 48.6 Å². The van der Waals surface area contributed by atoms with E-state index in [1.54, 1.807) is 0 Å². The number of hydrogen-bond donors (Lipinski definition) is 1. The van der Waals surface area contributed by atoms with E-state index in [9.17, 15) is 4.79 Å². The molecule has 0 radical (unpaired) electrons. The van der Waals surface area contributed by atoms with Gasteiger partial charge in [-0.15, -0.1) is 0 Å². The molecule has 1 aliphatic carbocycles. The van der Waals surface area contributed by atoms with Crippen molar-refractivity contribution in [2.24, 2.45) is 0 Å². The van der Waals surface area contributed by atoms with Crippen molar-refractivity contribution in [3.05, 3.63) is 34.4 Å². The molecule has 4 nitrogen and oxygen atoms in total. The molecule has 2 heterocycles. The summed E-state index contributed by atoms with van der Waals surface area (Å²) in [4.78, 5) is 14.5. The summed E-state index contributed by atoms with van der Waals surface area (Å²) >= 11 is 0. The summed E-state index contributed by atoms with van der Waals surface area (Å²) < 4.78 is 6.11. The monoisotopic (exact) mass is 286 g/mol. The van der Waals surface area contributed by atoms with E-state index in [-0.39, 0.29) is 12.0 Å². The van der Waals surface area contributed by atoms with Gasteiger partial charge in [-0.1, -0.05) is 13.0 Å². The number of benzene rings is 1. The summed E-state index contributed by atoms with van der Waals surface area (Å²) in [5, 5.41) is 2.92. The van der Waals surface area contributed by atoms with Gasteiger partial charge in [-0.2, -0.15) is 0 Å². The number of nitrogens with zero attached hydrogens (tertiary/aromatic N) is 1. The van der Waals surface area contributed by atoms with Crippen molar-refractivity contribution >= 4 is 5.91 Å². The zero-order valence-corrected chi connectivity index (χ0v) is 12.5. The van der Waals surface area contributed by atoms with E-state index in [1.165, 1.54) is 17.5 Å². The Bertz CT molecular complexity index is 582. The maximum atomic E-state index is 11.9. The van der Waals surface area contributed by atoms with Gasteiger partial charge in [-0.3, -0.25) is 9.69 Å². The van der Waals surface area contributed by atoms with Crippen LogP contribution in [0.4, 0.5) is 0 Å². The largest absolute Gasteiger partial charge is 0.371 e. The number of rotatable bonds is 2. The van der Waals surface area contributed by atoms with Gasteiger partial charge in [0.1, 0.15) is 0 Å². The molecule has 21 heavy (non-hydrogen) atoms. The molecule has 1 fully saturated rings. The van der Waals surface area contributed by atoms with E-state index < -0.39 is 0 Å². The molecule has 4 rings (SSSR count). The van der Waals surface area contributed by atoms with E-state index in [1.807, 2.05) is 0 Å². The highest BCUT2D eigenvalue weighted by Crippen LogP contribution is 2.39. The van der Waals surface area contributed by atoms with Crippen molar-refractivity contribution in [2.45, 2.75) is 44.9 Å². The van der Waals surface area contributed by atoms with Crippen LogP contribution in [0.2, 0.25) is 0 Å². The first-order valence-electron chi connectivity index (χ1n) is 8.07. The molecule has 1 saturated heterocycles. The van der Waals surface area contributed by atoms with Crippen molar-refractivity contribution in [2.75, 3.05) is 19.7 Å². The Labute approximate surface area is 125 Å². The first kappa shape index (κ1) is 13.3. The second-order valence-corrected chi connectivity index (χ2v) is 6.32. The van der Waals surface area contributed by atoms with Crippen molar-refractivity contribution in [3.63, 3.8) is 0 Å². The van der Waals surface area contributed by atoms with Crippen LogP contribution in [0, 0.1) is 0 Å². The molecule has 0 aromatic heterocycles. The minimum absolute atomic E-state index is 0.0659. The van der Waals surface area contributed by atoms with Crippen LogP contribution in [0.25, 0.3) is 0 Å². The Morgan fingerprint density at radius 1 is 1.38 bits per heavy atom. The number of amides is 1. The minimum atomic E-state index is 0.0659. The molecule has 1 amide bonds. The Morgan fingerprint density at radius 3 is 3.14 bits per heavy atom. The molecule has 2 aliphatic heterocycles. The Hall–Kier alpha value is -1.39. The zero-order valence-electron chi connectivity index (χ0n) is 12.5. The van der Waals surface area contributed by atoms with E-state index in [0.29, 0.717) is 12.6 Å². The molecule has 1 N–H and O–H groups in total. The molecule has 0 spiro atoms. The SMILES string of the molecule is CCCN1CCO[C@@H]2c3cc4c(cc3CC[C@@H]21)CNC4=O. The van der Waals surface area contributed by atoms with E-state index in [0.717, 1.165) is 43.7 Å². The van der Waals surface area contributed by atoms with Gasteiger partial charge < -0.3 is 10.1 Å². The predicted molar refractivity (Wildman–Crippen MR) is 80.3 cm³/mol. The van der Waals surface area contributed by atoms with Crippen LogP contribution in [0.15, 0.2) is 12.1 Å². The molecule has 0 unspecified atom stereocenters. The molecule has 1 aromatic rings. The van der Waals surface area contributed by atoms with Gasteiger partial charge in [0, 0.05) is 24.7 Å². The Balaban J connectivity index is 1.72. The van der Waals surface area contributed by atoms with Crippen molar-refractivity contribution in [1.82, 2.24) is 10.2 Å². The van der Waals surface area contributed by atoms with Crippen molar-refractivity contribution in [3.8, 4) is 0 Å². The Kier molecular flexibility index (Phi) is 3.23. The summed E-state index contributed by atoms with van der Waals surface area (Å²) in [7, 11) is 0. The van der Waals surface area contributed by atoms with Gasteiger partial charge >= 0.3 is 0 Å². The van der Waals surface area contributed by atoms with Crippen molar-refractivity contribution in [1.29, 1.82) is 0 Å². The highest BCUT2D eigenvalue weighted by Gasteiger charge is 2.38. The summed E-state index contributed by atoms with van der Waals surface area (Å²) in [6.07, 6.45) is 3.59. The van der Waals surface area contributed by atoms with Gasteiger partial charge in [0.05, 0.1) is 12.7 Å². The Morgan fingerprint density at radius 2 is 2.29 bits per heavy atom. The fraction of sp³-hybridized carbons (Fsp3) is 0.588. The molecule has 1 aromatic carbocycles. The topological polar surface area (TPSA) is 41.6 Å². The minimum Gasteiger partial charge on any atom is -0.371 e. The van der Waals surface area contributed by atoms with Crippen LogP contribution in [-0.2, 0) is 17.7 Å². The number of ether oxygens (including phenoxy) is 1. The molecule has 4 heteroatoms. The quantitative estimate of drug-likeness (QED) is 0.904. The molecular formula is C17H22N2O2. The maximum absolute atomic E-state index is 11.9. The van der Waals surface area contributed by atoms with Crippen LogP contribution >= 0.6 is 0 Å². The summed E-state index contributed by atoms with van der Waals surface area (Å²) in [6.45, 7) is 5.89. The highest BCUT2D eigenvalue weighted by molar-refractivity contribution is 5.98. The smallest absolute Gasteiger partial charge is 0.251 e. The van der Waals surface area contributed by atoms with E-state index in [2.05, 4.69) is 29.3 Å². The highest BCUT2D eigenvalue weighted by atomic mass is 16.5. The van der Waals surface area contributed by atoms with E-state index >= 15 is 0 Å². The number of hydrogen-bond acceptors (Lipinski definition) is 3. The van der Waals surface area contributed by atoms with Gasteiger partial charge in [0.2, 0.25) is 0 Å². The van der Waals surface area contributed by atoms with Crippen LogP contribution in [-0.4, -0.2) is 36.5 Å². The lowest BCUT2D eigenvalue weighted by Crippen LogP contribution is -2.49. The second kappa shape index (κ2) is 5.11. The van der Waals surface area contributed by atoms with Gasteiger partial charge in [0.25, 0.3) is 5.91 Å². The van der Waals surface area contributed by atoms with Crippen LogP contribution in [0.3, 0.4) is 0 Å². The lowest BCUT2D eigenvalue weighted by Gasteiger charge is -2.44. The van der Waals surface area contributed by atoms with Crippen LogP contribution < -0.4 is 5.32 Å². The third-order valence-corrected chi connectivity index (χ3v) is 5.07. The summed E-state index contributed by atoms with van der Waals surface area (Å²) in [5.41, 5.74) is 4.64. The predicted octanol–water partition coefficient (Wildman–Crippen LogP) is 2.03. The van der Waals surface area contributed by atoms with Crippen molar-refractivity contribution < 1.29 is 9.53 Å². The fourth-order valence-electron chi connectivity index (χ4n) is 4.09. The number of carbonyl (C=O) groups is 1.